The van der Waals surface area contributed by atoms with Crippen LogP contribution in [0, 0.1) is 11.3 Å². The summed E-state index contributed by atoms with van der Waals surface area (Å²) in [4.78, 5) is 14.7. The van der Waals surface area contributed by atoms with Gasteiger partial charge in [-0.15, -0.1) is 0 Å². The molecule has 0 aromatic rings. The number of nitrogens with zero attached hydrogens (tertiary/aromatic N) is 1. The van der Waals surface area contributed by atoms with Crippen molar-refractivity contribution in [1.82, 2.24) is 10.2 Å². The summed E-state index contributed by atoms with van der Waals surface area (Å²) in [6, 6.07) is 0. The number of amides is 1. The lowest BCUT2D eigenvalue weighted by molar-refractivity contribution is -0.143. The van der Waals surface area contributed by atoms with E-state index in [1.807, 2.05) is 0 Å². The van der Waals surface area contributed by atoms with Gasteiger partial charge in [0.15, 0.2) is 0 Å². The molecule has 3 heteroatoms. The number of piperidine rings is 1. The van der Waals surface area contributed by atoms with Crippen LogP contribution in [0.4, 0.5) is 0 Å². The number of nitrogens with one attached hydrogen (secondary N) is 1. The monoisotopic (exact) mass is 238 g/mol. The van der Waals surface area contributed by atoms with Crippen molar-refractivity contribution >= 4 is 5.91 Å². The van der Waals surface area contributed by atoms with Gasteiger partial charge in [-0.1, -0.05) is 13.3 Å². The fourth-order valence-corrected chi connectivity index (χ4v) is 2.92. The van der Waals surface area contributed by atoms with Crippen LogP contribution in [-0.4, -0.2) is 37.0 Å². The predicted octanol–water partition coefficient (Wildman–Crippen LogP) is 2.02. The third-order valence-corrected chi connectivity index (χ3v) is 4.60. The van der Waals surface area contributed by atoms with E-state index in [1.165, 1.54) is 19.3 Å². The molecule has 0 aromatic carbocycles. The molecule has 2 rings (SSSR count). The first kappa shape index (κ1) is 12.9. The molecule has 0 aromatic heterocycles. The molecule has 1 aliphatic carbocycles. The summed E-state index contributed by atoms with van der Waals surface area (Å²) >= 11 is 0. The summed E-state index contributed by atoms with van der Waals surface area (Å²) < 4.78 is 0. The Bertz CT molecular complexity index is 267. The third kappa shape index (κ3) is 2.82. The van der Waals surface area contributed by atoms with Crippen molar-refractivity contribution in [3.63, 3.8) is 0 Å². The van der Waals surface area contributed by atoms with E-state index >= 15 is 0 Å². The van der Waals surface area contributed by atoms with Crippen LogP contribution in [-0.2, 0) is 4.79 Å². The molecule has 1 saturated heterocycles. The van der Waals surface area contributed by atoms with Crippen LogP contribution in [0.3, 0.4) is 0 Å². The Hall–Kier alpha value is -0.570. The molecule has 2 fully saturated rings. The largest absolute Gasteiger partial charge is 0.342 e. The SMILES string of the molecule is CCN(CC1CCC1)C(=O)C1(C)CCNCC1. The highest BCUT2D eigenvalue weighted by molar-refractivity contribution is 5.82. The number of hydrogen-bond donors (Lipinski definition) is 1. The van der Waals surface area contributed by atoms with E-state index in [0.717, 1.165) is 44.9 Å². The fraction of sp³-hybridized carbons (Fsp3) is 0.929. The number of carbonyl (C=O) groups excluding carboxylic acids is 1. The minimum atomic E-state index is -0.106. The summed E-state index contributed by atoms with van der Waals surface area (Å²) in [5.74, 6) is 1.18. The van der Waals surface area contributed by atoms with E-state index in [2.05, 4.69) is 24.1 Å². The molecular formula is C14H26N2O. The lowest BCUT2D eigenvalue weighted by Gasteiger charge is -2.39. The Morgan fingerprint density at radius 2 is 2.00 bits per heavy atom. The molecule has 1 saturated carbocycles. The predicted molar refractivity (Wildman–Crippen MR) is 69.8 cm³/mol. The Morgan fingerprint density at radius 1 is 1.35 bits per heavy atom. The van der Waals surface area contributed by atoms with Crippen molar-refractivity contribution in [2.75, 3.05) is 26.2 Å². The lowest BCUT2D eigenvalue weighted by Crippen LogP contribution is -2.49. The van der Waals surface area contributed by atoms with Gasteiger partial charge in [0.25, 0.3) is 0 Å². The Kier molecular flexibility index (Phi) is 4.08. The highest BCUT2D eigenvalue weighted by Gasteiger charge is 2.38. The topological polar surface area (TPSA) is 32.3 Å². The molecule has 98 valence electrons. The van der Waals surface area contributed by atoms with Crippen LogP contribution in [0.1, 0.15) is 46.0 Å². The minimum Gasteiger partial charge on any atom is -0.342 e. The van der Waals surface area contributed by atoms with Crippen molar-refractivity contribution in [2.45, 2.75) is 46.0 Å². The summed E-state index contributed by atoms with van der Waals surface area (Å²) in [5.41, 5.74) is -0.106. The molecule has 2 aliphatic rings. The molecule has 1 amide bonds. The Labute approximate surface area is 105 Å². The van der Waals surface area contributed by atoms with Gasteiger partial charge < -0.3 is 10.2 Å². The quantitative estimate of drug-likeness (QED) is 0.812. The third-order valence-electron chi connectivity index (χ3n) is 4.60. The molecule has 0 atom stereocenters. The molecule has 0 unspecified atom stereocenters. The first-order chi connectivity index (χ1) is 8.15. The van der Waals surface area contributed by atoms with Gasteiger partial charge in [0.2, 0.25) is 5.91 Å². The van der Waals surface area contributed by atoms with Crippen LogP contribution in [0.5, 0.6) is 0 Å². The van der Waals surface area contributed by atoms with Crippen LogP contribution in [0.2, 0.25) is 0 Å². The van der Waals surface area contributed by atoms with E-state index in [9.17, 15) is 4.79 Å². The summed E-state index contributed by atoms with van der Waals surface area (Å²) in [6.07, 6.45) is 5.99. The summed E-state index contributed by atoms with van der Waals surface area (Å²) in [5, 5.41) is 3.34. The minimum absolute atomic E-state index is 0.106. The molecule has 1 heterocycles. The smallest absolute Gasteiger partial charge is 0.228 e. The molecule has 1 N–H and O–H groups in total. The maximum Gasteiger partial charge on any atom is 0.228 e. The highest BCUT2D eigenvalue weighted by atomic mass is 16.2. The first-order valence-corrected chi connectivity index (χ1v) is 7.16. The van der Waals surface area contributed by atoms with Gasteiger partial charge in [-0.3, -0.25) is 4.79 Å². The van der Waals surface area contributed by atoms with Gasteiger partial charge in [-0.05, 0) is 51.6 Å². The lowest BCUT2D eigenvalue weighted by atomic mass is 9.78. The van der Waals surface area contributed by atoms with Crippen molar-refractivity contribution in [1.29, 1.82) is 0 Å². The van der Waals surface area contributed by atoms with Crippen molar-refractivity contribution in [3.8, 4) is 0 Å². The number of hydrogen-bond acceptors (Lipinski definition) is 2. The standard InChI is InChI=1S/C14H26N2O/c1-3-16(11-12-5-4-6-12)13(17)14(2)7-9-15-10-8-14/h12,15H,3-11H2,1-2H3. The van der Waals surface area contributed by atoms with Crippen LogP contribution in [0.15, 0.2) is 0 Å². The summed E-state index contributed by atoms with van der Waals surface area (Å²) in [7, 11) is 0. The zero-order valence-corrected chi connectivity index (χ0v) is 11.3. The van der Waals surface area contributed by atoms with Gasteiger partial charge in [-0.2, -0.15) is 0 Å². The van der Waals surface area contributed by atoms with E-state index in [0.29, 0.717) is 5.91 Å². The van der Waals surface area contributed by atoms with Gasteiger partial charge >= 0.3 is 0 Å². The zero-order chi connectivity index (χ0) is 12.3. The van der Waals surface area contributed by atoms with E-state index < -0.39 is 0 Å². The second-order valence-electron chi connectivity index (χ2n) is 5.95. The van der Waals surface area contributed by atoms with Gasteiger partial charge in [-0.25, -0.2) is 0 Å². The number of carbonyl (C=O) groups is 1. The Balaban J connectivity index is 1.94. The second kappa shape index (κ2) is 5.38. The molecular weight excluding hydrogens is 212 g/mol. The first-order valence-electron chi connectivity index (χ1n) is 7.16. The molecule has 1 aliphatic heterocycles. The van der Waals surface area contributed by atoms with Gasteiger partial charge in [0.05, 0.1) is 0 Å². The second-order valence-corrected chi connectivity index (χ2v) is 5.95. The van der Waals surface area contributed by atoms with E-state index in [1.54, 1.807) is 0 Å². The van der Waals surface area contributed by atoms with Crippen molar-refractivity contribution < 1.29 is 4.79 Å². The van der Waals surface area contributed by atoms with Gasteiger partial charge in [0.1, 0.15) is 0 Å². The van der Waals surface area contributed by atoms with E-state index in [4.69, 9.17) is 0 Å². The molecule has 17 heavy (non-hydrogen) atoms. The molecule has 0 radical (unpaired) electrons. The van der Waals surface area contributed by atoms with Crippen LogP contribution in [0.25, 0.3) is 0 Å². The fourth-order valence-electron chi connectivity index (χ4n) is 2.92. The number of rotatable bonds is 4. The molecule has 0 spiro atoms. The van der Waals surface area contributed by atoms with Crippen LogP contribution < -0.4 is 5.32 Å². The van der Waals surface area contributed by atoms with Crippen molar-refractivity contribution in [2.24, 2.45) is 11.3 Å². The molecule has 3 nitrogen and oxygen atoms in total. The summed E-state index contributed by atoms with van der Waals surface area (Å²) in [6.45, 7) is 8.11. The van der Waals surface area contributed by atoms with Crippen LogP contribution >= 0.6 is 0 Å². The van der Waals surface area contributed by atoms with E-state index in [-0.39, 0.29) is 5.41 Å². The average molecular weight is 238 g/mol. The Morgan fingerprint density at radius 3 is 2.47 bits per heavy atom. The maximum atomic E-state index is 12.6. The highest BCUT2D eigenvalue weighted by Crippen LogP contribution is 2.33. The van der Waals surface area contributed by atoms with Crippen molar-refractivity contribution in [3.05, 3.63) is 0 Å². The van der Waals surface area contributed by atoms with Gasteiger partial charge in [0, 0.05) is 18.5 Å². The maximum absolute atomic E-state index is 12.6. The average Bonchev–Trinajstić information content (AvgIpc) is 2.28. The normalized spacial score (nSPS) is 24.1. The molecule has 0 bridgehead atoms. The zero-order valence-electron chi connectivity index (χ0n) is 11.3.